The molecule has 8 heteroatoms. The molecular weight excluding hydrogens is 308 g/mol. The molecule has 2 fully saturated rings. The molecule has 3 heterocycles. The SMILES string of the molecule is C[C@H]1CN(c2ccnc(N)n2)C[C@@H]1NC(=O)c1cc(C2CC2)on1. The molecule has 2 aromatic heterocycles. The molecule has 0 radical (unpaired) electrons. The Hall–Kier alpha value is -2.64. The van der Waals surface area contributed by atoms with Crippen molar-refractivity contribution >= 4 is 17.7 Å². The molecular formula is C16H20N6O2. The molecule has 1 aliphatic heterocycles. The van der Waals surface area contributed by atoms with Gasteiger partial charge in [0, 0.05) is 31.3 Å². The summed E-state index contributed by atoms with van der Waals surface area (Å²) in [6.45, 7) is 3.58. The number of nitrogen functional groups attached to an aromatic ring is 1. The predicted octanol–water partition coefficient (Wildman–Crippen LogP) is 1.18. The van der Waals surface area contributed by atoms with Crippen molar-refractivity contribution in [1.82, 2.24) is 20.4 Å². The summed E-state index contributed by atoms with van der Waals surface area (Å²) in [5, 5.41) is 6.95. The predicted molar refractivity (Wildman–Crippen MR) is 87.6 cm³/mol. The van der Waals surface area contributed by atoms with Crippen LogP contribution in [-0.2, 0) is 0 Å². The van der Waals surface area contributed by atoms with Gasteiger partial charge in [-0.25, -0.2) is 4.98 Å². The van der Waals surface area contributed by atoms with E-state index in [2.05, 4.69) is 32.3 Å². The van der Waals surface area contributed by atoms with Crippen molar-refractivity contribution in [3.63, 3.8) is 0 Å². The van der Waals surface area contributed by atoms with Crippen molar-refractivity contribution < 1.29 is 9.32 Å². The fourth-order valence-corrected chi connectivity index (χ4v) is 3.08. The Morgan fingerprint density at radius 3 is 3.00 bits per heavy atom. The Morgan fingerprint density at radius 2 is 2.25 bits per heavy atom. The molecule has 3 N–H and O–H groups in total. The van der Waals surface area contributed by atoms with E-state index >= 15 is 0 Å². The van der Waals surface area contributed by atoms with Gasteiger partial charge in [0.25, 0.3) is 5.91 Å². The van der Waals surface area contributed by atoms with E-state index in [1.54, 1.807) is 12.3 Å². The molecule has 0 spiro atoms. The summed E-state index contributed by atoms with van der Waals surface area (Å²) in [6, 6.07) is 3.61. The Labute approximate surface area is 139 Å². The van der Waals surface area contributed by atoms with Gasteiger partial charge in [-0.05, 0) is 24.8 Å². The minimum atomic E-state index is -0.188. The highest BCUT2D eigenvalue weighted by Gasteiger charge is 2.33. The molecule has 2 aliphatic rings. The maximum absolute atomic E-state index is 12.4. The van der Waals surface area contributed by atoms with Crippen LogP contribution in [0.4, 0.5) is 11.8 Å². The highest BCUT2D eigenvalue weighted by molar-refractivity contribution is 5.92. The molecule has 1 saturated carbocycles. The molecule has 0 aromatic carbocycles. The summed E-state index contributed by atoms with van der Waals surface area (Å²) in [5.41, 5.74) is 6.00. The third-order valence-electron chi connectivity index (χ3n) is 4.65. The summed E-state index contributed by atoms with van der Waals surface area (Å²) >= 11 is 0. The lowest BCUT2D eigenvalue weighted by Gasteiger charge is -2.17. The van der Waals surface area contributed by atoms with E-state index in [1.165, 1.54) is 0 Å². The molecule has 4 rings (SSSR count). The average molecular weight is 328 g/mol. The van der Waals surface area contributed by atoms with Crippen LogP contribution in [-0.4, -0.2) is 40.2 Å². The van der Waals surface area contributed by atoms with Crippen molar-refractivity contribution in [2.24, 2.45) is 5.92 Å². The molecule has 1 saturated heterocycles. The van der Waals surface area contributed by atoms with Gasteiger partial charge in [0.15, 0.2) is 5.69 Å². The summed E-state index contributed by atoms with van der Waals surface area (Å²) in [5.74, 6) is 2.40. The van der Waals surface area contributed by atoms with E-state index in [9.17, 15) is 4.79 Å². The number of aromatic nitrogens is 3. The van der Waals surface area contributed by atoms with Gasteiger partial charge in [-0.3, -0.25) is 4.79 Å². The van der Waals surface area contributed by atoms with E-state index in [-0.39, 0.29) is 17.9 Å². The van der Waals surface area contributed by atoms with Crippen LogP contribution in [0.5, 0.6) is 0 Å². The molecule has 1 amide bonds. The second-order valence-corrected chi connectivity index (χ2v) is 6.62. The number of hydrogen-bond donors (Lipinski definition) is 2. The zero-order valence-corrected chi connectivity index (χ0v) is 13.5. The standard InChI is InChI=1S/C16H20N6O2/c1-9-7-22(14-4-5-18-16(17)20-14)8-12(9)19-15(23)11-6-13(24-21-11)10-2-3-10/h4-6,9-10,12H,2-3,7-8H2,1H3,(H,19,23)(H2,17,18,20)/t9-,12-/m0/s1. The molecule has 0 bridgehead atoms. The first-order valence-corrected chi connectivity index (χ1v) is 8.21. The number of nitrogens with zero attached hydrogens (tertiary/aromatic N) is 4. The highest BCUT2D eigenvalue weighted by atomic mass is 16.5. The smallest absolute Gasteiger partial charge is 0.273 e. The van der Waals surface area contributed by atoms with Crippen molar-refractivity contribution in [2.45, 2.75) is 31.7 Å². The number of nitrogens with one attached hydrogen (secondary N) is 1. The molecule has 0 unspecified atom stereocenters. The van der Waals surface area contributed by atoms with Gasteiger partial charge in [-0.15, -0.1) is 0 Å². The first kappa shape index (κ1) is 14.9. The van der Waals surface area contributed by atoms with Crippen LogP contribution in [0.1, 0.15) is 41.9 Å². The van der Waals surface area contributed by atoms with Crippen molar-refractivity contribution in [3.05, 3.63) is 29.8 Å². The third kappa shape index (κ3) is 2.91. The van der Waals surface area contributed by atoms with Crippen LogP contribution in [0, 0.1) is 5.92 Å². The number of nitrogens with two attached hydrogens (primary N) is 1. The van der Waals surface area contributed by atoms with Gasteiger partial charge in [-0.2, -0.15) is 4.98 Å². The molecule has 24 heavy (non-hydrogen) atoms. The normalized spacial score (nSPS) is 23.5. The fraction of sp³-hybridized carbons (Fsp3) is 0.500. The first-order valence-electron chi connectivity index (χ1n) is 8.21. The van der Waals surface area contributed by atoms with E-state index in [0.717, 1.165) is 31.0 Å². The van der Waals surface area contributed by atoms with Crippen LogP contribution < -0.4 is 16.0 Å². The number of rotatable bonds is 4. The minimum Gasteiger partial charge on any atom is -0.368 e. The number of carbonyl (C=O) groups excluding carboxylic acids is 1. The number of amides is 1. The third-order valence-corrected chi connectivity index (χ3v) is 4.65. The van der Waals surface area contributed by atoms with Crippen LogP contribution in [0.3, 0.4) is 0 Å². The van der Waals surface area contributed by atoms with E-state index < -0.39 is 0 Å². The van der Waals surface area contributed by atoms with Gasteiger partial charge >= 0.3 is 0 Å². The lowest BCUT2D eigenvalue weighted by Crippen LogP contribution is -2.40. The number of carbonyl (C=O) groups is 1. The Balaban J connectivity index is 1.41. The van der Waals surface area contributed by atoms with Crippen LogP contribution in [0.25, 0.3) is 0 Å². The zero-order chi connectivity index (χ0) is 16.7. The Kier molecular flexibility index (Phi) is 3.59. The molecule has 2 aromatic rings. The van der Waals surface area contributed by atoms with E-state index in [4.69, 9.17) is 10.3 Å². The van der Waals surface area contributed by atoms with Gasteiger partial charge < -0.3 is 20.5 Å². The van der Waals surface area contributed by atoms with E-state index in [1.807, 2.05) is 6.07 Å². The van der Waals surface area contributed by atoms with Crippen molar-refractivity contribution in [2.75, 3.05) is 23.7 Å². The fourth-order valence-electron chi connectivity index (χ4n) is 3.08. The maximum Gasteiger partial charge on any atom is 0.273 e. The van der Waals surface area contributed by atoms with Gasteiger partial charge in [-0.1, -0.05) is 12.1 Å². The largest absolute Gasteiger partial charge is 0.368 e. The molecule has 1 aliphatic carbocycles. The molecule has 2 atom stereocenters. The zero-order valence-electron chi connectivity index (χ0n) is 13.5. The highest BCUT2D eigenvalue weighted by Crippen LogP contribution is 2.40. The van der Waals surface area contributed by atoms with Crippen molar-refractivity contribution in [1.29, 1.82) is 0 Å². The Morgan fingerprint density at radius 1 is 1.42 bits per heavy atom. The number of anilines is 2. The Bertz CT molecular complexity index is 757. The topological polar surface area (TPSA) is 110 Å². The molecule has 8 nitrogen and oxygen atoms in total. The van der Waals surface area contributed by atoms with Crippen LogP contribution in [0.15, 0.2) is 22.9 Å². The second-order valence-electron chi connectivity index (χ2n) is 6.62. The number of hydrogen-bond acceptors (Lipinski definition) is 7. The summed E-state index contributed by atoms with van der Waals surface area (Å²) < 4.78 is 5.25. The lowest BCUT2D eigenvalue weighted by molar-refractivity contribution is 0.0924. The minimum absolute atomic E-state index is 0.0229. The lowest BCUT2D eigenvalue weighted by atomic mass is 10.1. The van der Waals surface area contributed by atoms with Gasteiger partial charge in [0.05, 0.1) is 6.04 Å². The second kappa shape index (κ2) is 5.77. The van der Waals surface area contributed by atoms with E-state index in [0.29, 0.717) is 24.1 Å². The summed E-state index contributed by atoms with van der Waals surface area (Å²) in [6.07, 6.45) is 3.88. The van der Waals surface area contributed by atoms with Gasteiger partial charge in [0.2, 0.25) is 5.95 Å². The summed E-state index contributed by atoms with van der Waals surface area (Å²) in [7, 11) is 0. The quantitative estimate of drug-likeness (QED) is 0.867. The summed E-state index contributed by atoms with van der Waals surface area (Å²) in [4.78, 5) is 22.7. The molecule has 126 valence electrons. The van der Waals surface area contributed by atoms with Crippen LogP contribution >= 0.6 is 0 Å². The van der Waals surface area contributed by atoms with Crippen LogP contribution in [0.2, 0.25) is 0 Å². The maximum atomic E-state index is 12.4. The first-order chi connectivity index (χ1) is 11.6. The monoisotopic (exact) mass is 328 g/mol. The average Bonchev–Trinajstić information content (AvgIpc) is 3.18. The van der Waals surface area contributed by atoms with Crippen molar-refractivity contribution in [3.8, 4) is 0 Å². The van der Waals surface area contributed by atoms with Gasteiger partial charge in [0.1, 0.15) is 11.6 Å².